The average Bonchev–Trinajstić information content (AvgIpc) is 2.60. The first-order chi connectivity index (χ1) is 12.3. The number of Topliss-reactive ketones (excluding diaryl/α,β-unsaturated/α-hetero) is 1. The van der Waals surface area contributed by atoms with Gasteiger partial charge in [-0.15, -0.1) is 0 Å². The lowest BCUT2D eigenvalue weighted by Gasteiger charge is -2.24. The van der Waals surface area contributed by atoms with Crippen LogP contribution in [0.25, 0.3) is 0 Å². The summed E-state index contributed by atoms with van der Waals surface area (Å²) in [7, 11) is -4.11. The fourth-order valence-electron chi connectivity index (χ4n) is 2.78. The van der Waals surface area contributed by atoms with Gasteiger partial charge in [0.1, 0.15) is 0 Å². The van der Waals surface area contributed by atoms with Crippen LogP contribution in [0.4, 0.5) is 5.69 Å². The van der Waals surface area contributed by atoms with E-state index in [9.17, 15) is 22.8 Å². The predicted octanol–water partition coefficient (Wildman–Crippen LogP) is 1.82. The van der Waals surface area contributed by atoms with Gasteiger partial charge in [0.15, 0.2) is 5.78 Å². The Bertz CT molecular complexity index is 996. The molecule has 0 fully saturated rings. The Morgan fingerprint density at radius 1 is 1.08 bits per heavy atom. The molecule has 0 aliphatic carbocycles. The van der Waals surface area contributed by atoms with E-state index in [1.165, 1.54) is 31.2 Å². The Kier molecular flexibility index (Phi) is 4.60. The van der Waals surface area contributed by atoms with Gasteiger partial charge in [0.25, 0.3) is 10.0 Å². The van der Waals surface area contributed by atoms with E-state index in [-0.39, 0.29) is 23.0 Å². The van der Waals surface area contributed by atoms with Gasteiger partial charge >= 0.3 is 0 Å². The summed E-state index contributed by atoms with van der Waals surface area (Å²) in [4.78, 5) is 35.5. The van der Waals surface area contributed by atoms with Crippen molar-refractivity contribution in [2.75, 3.05) is 5.32 Å². The van der Waals surface area contributed by atoms with E-state index in [0.717, 1.165) is 0 Å². The topological polar surface area (TPSA) is 109 Å². The lowest BCUT2D eigenvalue weighted by molar-refractivity contribution is -0.125. The van der Waals surface area contributed by atoms with Gasteiger partial charge in [0.2, 0.25) is 11.8 Å². The predicted molar refractivity (Wildman–Crippen MR) is 94.2 cm³/mol. The van der Waals surface area contributed by atoms with E-state index < -0.39 is 21.8 Å². The molecule has 2 aromatic carbocycles. The van der Waals surface area contributed by atoms with Gasteiger partial charge < -0.3 is 5.32 Å². The largest absolute Gasteiger partial charge is 0.326 e. The van der Waals surface area contributed by atoms with Gasteiger partial charge in [-0.1, -0.05) is 30.3 Å². The maximum Gasteiger partial charge on any atom is 0.264 e. The Hall–Kier alpha value is -3.00. The first-order valence-electron chi connectivity index (χ1n) is 7.84. The Morgan fingerprint density at radius 3 is 2.38 bits per heavy atom. The fourth-order valence-corrected chi connectivity index (χ4v) is 3.80. The van der Waals surface area contributed by atoms with E-state index in [1.54, 1.807) is 24.3 Å². The fraction of sp³-hybridized carbons (Fsp3) is 0.167. The Morgan fingerprint density at radius 2 is 1.73 bits per heavy atom. The van der Waals surface area contributed by atoms with Crippen molar-refractivity contribution in [3.63, 3.8) is 0 Å². The standard InChI is InChI=1S/C18H16N2O5S/c1-11(21)12-6-8-13(9-7-12)26(24,25)20-18(23)15-10-17(22)19-16-5-3-2-4-14(15)16/h2-9,15H,10H2,1H3,(H,19,22)(H,20,23)/t15-/m0/s1. The number of para-hydroxylation sites is 1. The van der Waals surface area contributed by atoms with Crippen molar-refractivity contribution in [1.29, 1.82) is 0 Å². The van der Waals surface area contributed by atoms with Gasteiger partial charge in [-0.3, -0.25) is 14.4 Å². The van der Waals surface area contributed by atoms with E-state index in [4.69, 9.17) is 0 Å². The zero-order valence-corrected chi connectivity index (χ0v) is 14.7. The number of hydrogen-bond acceptors (Lipinski definition) is 5. The maximum atomic E-state index is 12.5. The van der Waals surface area contributed by atoms with Crippen LogP contribution < -0.4 is 10.0 Å². The molecule has 134 valence electrons. The molecule has 0 saturated heterocycles. The Labute approximate surface area is 150 Å². The van der Waals surface area contributed by atoms with Crippen LogP contribution in [-0.2, 0) is 19.6 Å². The molecular formula is C18H16N2O5S. The van der Waals surface area contributed by atoms with Crippen LogP contribution in [0.1, 0.15) is 35.2 Å². The third-order valence-corrected chi connectivity index (χ3v) is 5.49. The van der Waals surface area contributed by atoms with Crippen LogP contribution in [0.2, 0.25) is 0 Å². The van der Waals surface area contributed by atoms with Crippen LogP contribution in [0.5, 0.6) is 0 Å². The van der Waals surface area contributed by atoms with E-state index in [2.05, 4.69) is 5.32 Å². The number of anilines is 1. The van der Waals surface area contributed by atoms with Crippen molar-refractivity contribution in [1.82, 2.24) is 4.72 Å². The van der Waals surface area contributed by atoms with Crippen molar-refractivity contribution in [2.24, 2.45) is 0 Å². The molecule has 3 rings (SSSR count). The van der Waals surface area contributed by atoms with E-state index in [0.29, 0.717) is 16.8 Å². The lowest BCUT2D eigenvalue weighted by Crippen LogP contribution is -2.38. The van der Waals surface area contributed by atoms with Crippen molar-refractivity contribution < 1.29 is 22.8 Å². The molecule has 0 aromatic heterocycles. The minimum atomic E-state index is -4.11. The van der Waals surface area contributed by atoms with E-state index in [1.807, 2.05) is 4.72 Å². The molecule has 0 unspecified atom stereocenters. The summed E-state index contributed by atoms with van der Waals surface area (Å²) < 4.78 is 26.9. The highest BCUT2D eigenvalue weighted by Crippen LogP contribution is 2.32. The molecule has 1 atom stereocenters. The summed E-state index contributed by atoms with van der Waals surface area (Å²) in [5.41, 5.74) is 1.42. The number of hydrogen-bond donors (Lipinski definition) is 2. The molecule has 7 nitrogen and oxygen atoms in total. The first kappa shape index (κ1) is 17.8. The highest BCUT2D eigenvalue weighted by atomic mass is 32.2. The molecule has 0 saturated carbocycles. The van der Waals surface area contributed by atoms with Crippen molar-refractivity contribution >= 4 is 33.3 Å². The normalized spacial score (nSPS) is 16.3. The van der Waals surface area contributed by atoms with Crippen LogP contribution >= 0.6 is 0 Å². The number of amides is 2. The SMILES string of the molecule is CC(=O)c1ccc(S(=O)(=O)NC(=O)[C@H]2CC(=O)Nc3ccccc32)cc1. The van der Waals surface area contributed by atoms with Crippen LogP contribution in [0.15, 0.2) is 53.4 Å². The highest BCUT2D eigenvalue weighted by Gasteiger charge is 2.32. The maximum absolute atomic E-state index is 12.5. The third kappa shape index (κ3) is 3.50. The number of fused-ring (bicyclic) bond motifs is 1. The number of carbonyl (C=O) groups is 3. The molecule has 0 radical (unpaired) electrons. The number of sulfonamides is 1. The van der Waals surface area contributed by atoms with Gasteiger partial charge in [-0.05, 0) is 30.7 Å². The molecule has 2 aromatic rings. The molecule has 1 heterocycles. The molecule has 0 spiro atoms. The zero-order chi connectivity index (χ0) is 18.9. The molecule has 26 heavy (non-hydrogen) atoms. The number of benzene rings is 2. The Balaban J connectivity index is 1.85. The molecule has 2 N–H and O–H groups in total. The van der Waals surface area contributed by atoms with Gasteiger partial charge in [0.05, 0.1) is 10.8 Å². The highest BCUT2D eigenvalue weighted by molar-refractivity contribution is 7.90. The number of rotatable bonds is 4. The van der Waals surface area contributed by atoms with E-state index >= 15 is 0 Å². The summed E-state index contributed by atoms with van der Waals surface area (Å²) in [5, 5.41) is 2.66. The van der Waals surface area contributed by atoms with Gasteiger partial charge in [-0.2, -0.15) is 0 Å². The van der Waals surface area contributed by atoms with Gasteiger partial charge in [0, 0.05) is 17.7 Å². The smallest absolute Gasteiger partial charge is 0.264 e. The van der Waals surface area contributed by atoms with Crippen molar-refractivity contribution in [3.8, 4) is 0 Å². The second-order valence-corrected chi connectivity index (χ2v) is 7.62. The number of carbonyl (C=O) groups excluding carboxylic acids is 3. The first-order valence-corrected chi connectivity index (χ1v) is 9.32. The number of ketones is 1. The average molecular weight is 372 g/mol. The summed E-state index contributed by atoms with van der Waals surface area (Å²) >= 11 is 0. The minimum Gasteiger partial charge on any atom is -0.326 e. The second-order valence-electron chi connectivity index (χ2n) is 5.94. The van der Waals surface area contributed by atoms with Gasteiger partial charge in [-0.25, -0.2) is 13.1 Å². The zero-order valence-electron chi connectivity index (χ0n) is 13.9. The van der Waals surface area contributed by atoms with Crippen LogP contribution in [0, 0.1) is 0 Å². The summed E-state index contributed by atoms with van der Waals surface area (Å²) in [6.45, 7) is 1.37. The van der Waals surface area contributed by atoms with Crippen molar-refractivity contribution in [3.05, 3.63) is 59.7 Å². The second kappa shape index (κ2) is 6.72. The molecule has 0 bridgehead atoms. The molecule has 8 heteroatoms. The molecular weight excluding hydrogens is 356 g/mol. The quantitative estimate of drug-likeness (QED) is 0.796. The summed E-state index contributed by atoms with van der Waals surface area (Å²) in [6, 6.07) is 12.0. The van der Waals surface area contributed by atoms with Crippen molar-refractivity contribution in [2.45, 2.75) is 24.2 Å². The molecule has 2 amide bonds. The van der Waals surface area contributed by atoms with Crippen LogP contribution in [-0.4, -0.2) is 26.0 Å². The number of nitrogens with one attached hydrogen (secondary N) is 2. The summed E-state index contributed by atoms with van der Waals surface area (Å²) in [5.74, 6) is -2.22. The lowest BCUT2D eigenvalue weighted by atomic mass is 9.90. The van der Waals surface area contributed by atoms with Crippen LogP contribution in [0.3, 0.4) is 0 Å². The monoisotopic (exact) mass is 372 g/mol. The minimum absolute atomic E-state index is 0.135. The summed E-state index contributed by atoms with van der Waals surface area (Å²) in [6.07, 6.45) is -0.137. The third-order valence-electron chi connectivity index (χ3n) is 4.12. The molecule has 1 aliphatic rings. The molecule has 1 aliphatic heterocycles.